The van der Waals surface area contributed by atoms with Crippen LogP contribution in [-0.4, -0.2) is 46.1 Å². The maximum atomic E-state index is 10.6. The van der Waals surface area contributed by atoms with E-state index in [1.165, 1.54) is 0 Å². The fraction of sp³-hybridized carbons (Fsp3) is 0.500. The Morgan fingerprint density at radius 3 is 2.07 bits per heavy atom. The highest BCUT2D eigenvalue weighted by atomic mass is 16.4. The summed E-state index contributed by atoms with van der Waals surface area (Å²) in [4.78, 5) is 31.1. The third-order valence-corrected chi connectivity index (χ3v) is 1.20. The van der Waals surface area contributed by atoms with Crippen LogP contribution in [0.2, 0.25) is 0 Å². The smallest absolute Gasteiger partial charge is 0.326 e. The lowest BCUT2D eigenvalue weighted by molar-refractivity contribution is -0.147. The molecule has 8 heteroatoms. The van der Waals surface area contributed by atoms with Gasteiger partial charge in [0, 0.05) is 0 Å². The van der Waals surface area contributed by atoms with E-state index in [1.54, 1.807) is 0 Å². The van der Waals surface area contributed by atoms with Gasteiger partial charge >= 0.3 is 11.9 Å². The summed E-state index contributed by atoms with van der Waals surface area (Å²) >= 11 is 0. The van der Waals surface area contributed by atoms with Gasteiger partial charge in [0.2, 0.25) is 5.91 Å². The molecular formula is C6H12N2O6. The zero-order valence-electron chi connectivity index (χ0n) is 7.19. The van der Waals surface area contributed by atoms with Crippen LogP contribution < -0.4 is 11.1 Å². The standard InChI is InChI=1S/C6H10N2O5.H2O/c7-2-4(9)8-3(6(12)13)1-5(10)11;/h3H,1-2,7H2,(H,8,9)(H,10,11)(H,12,13);1H2. The van der Waals surface area contributed by atoms with E-state index in [4.69, 9.17) is 15.9 Å². The van der Waals surface area contributed by atoms with Gasteiger partial charge in [-0.3, -0.25) is 9.59 Å². The normalized spacial score (nSPS) is 10.9. The number of nitrogens with one attached hydrogen (secondary N) is 1. The van der Waals surface area contributed by atoms with Crippen molar-refractivity contribution in [3.8, 4) is 0 Å². The van der Waals surface area contributed by atoms with Crippen LogP contribution in [0.5, 0.6) is 0 Å². The van der Waals surface area contributed by atoms with E-state index in [9.17, 15) is 14.4 Å². The number of carbonyl (C=O) groups is 3. The van der Waals surface area contributed by atoms with E-state index >= 15 is 0 Å². The van der Waals surface area contributed by atoms with Crippen molar-refractivity contribution in [2.24, 2.45) is 5.73 Å². The Morgan fingerprint density at radius 2 is 1.79 bits per heavy atom. The number of carboxylic acid groups (broad SMARTS) is 2. The summed E-state index contributed by atoms with van der Waals surface area (Å²) in [5.41, 5.74) is 4.90. The summed E-state index contributed by atoms with van der Waals surface area (Å²) < 4.78 is 0. The van der Waals surface area contributed by atoms with Crippen LogP contribution in [0.1, 0.15) is 6.42 Å². The van der Waals surface area contributed by atoms with Crippen molar-refractivity contribution < 1.29 is 30.1 Å². The zero-order valence-corrected chi connectivity index (χ0v) is 7.19. The molecule has 0 aliphatic rings. The summed E-state index contributed by atoms with van der Waals surface area (Å²) in [7, 11) is 0. The number of hydrogen-bond donors (Lipinski definition) is 4. The molecule has 14 heavy (non-hydrogen) atoms. The Labute approximate surface area is 79.0 Å². The second-order valence-corrected chi connectivity index (χ2v) is 2.26. The van der Waals surface area contributed by atoms with E-state index in [2.05, 4.69) is 0 Å². The van der Waals surface area contributed by atoms with Crippen molar-refractivity contribution in [2.75, 3.05) is 6.54 Å². The molecule has 0 spiro atoms. The maximum Gasteiger partial charge on any atom is 0.326 e. The Kier molecular flexibility index (Phi) is 7.21. The minimum Gasteiger partial charge on any atom is -0.481 e. The van der Waals surface area contributed by atoms with Gasteiger partial charge in [-0.05, 0) is 0 Å². The lowest BCUT2D eigenvalue weighted by Gasteiger charge is -2.10. The fourth-order valence-electron chi connectivity index (χ4n) is 0.628. The van der Waals surface area contributed by atoms with Crippen LogP contribution in [0, 0.1) is 0 Å². The second-order valence-electron chi connectivity index (χ2n) is 2.26. The van der Waals surface area contributed by atoms with Crippen molar-refractivity contribution in [1.29, 1.82) is 0 Å². The molecule has 0 radical (unpaired) electrons. The number of carboxylic acids is 2. The summed E-state index contributed by atoms with van der Waals surface area (Å²) in [6.07, 6.45) is -0.666. The molecule has 0 aromatic carbocycles. The lowest BCUT2D eigenvalue weighted by atomic mass is 10.2. The highest BCUT2D eigenvalue weighted by Gasteiger charge is 2.22. The third kappa shape index (κ3) is 5.91. The number of rotatable bonds is 5. The van der Waals surface area contributed by atoms with Gasteiger partial charge in [0.15, 0.2) is 0 Å². The topological polar surface area (TPSA) is 161 Å². The molecule has 0 bridgehead atoms. The SMILES string of the molecule is NCC(=O)NC(CC(=O)O)C(=O)O.O. The van der Waals surface area contributed by atoms with E-state index in [0.29, 0.717) is 0 Å². The maximum absolute atomic E-state index is 10.6. The second kappa shape index (κ2) is 6.80. The molecule has 1 unspecified atom stereocenters. The Hall–Kier alpha value is -1.67. The molecular weight excluding hydrogens is 196 g/mol. The molecule has 1 atom stereocenters. The summed E-state index contributed by atoms with van der Waals surface area (Å²) in [5, 5.41) is 18.7. The molecule has 0 aliphatic heterocycles. The monoisotopic (exact) mass is 208 g/mol. The van der Waals surface area contributed by atoms with Crippen LogP contribution >= 0.6 is 0 Å². The van der Waals surface area contributed by atoms with Crippen LogP contribution in [0.3, 0.4) is 0 Å². The molecule has 7 N–H and O–H groups in total. The zero-order chi connectivity index (χ0) is 10.4. The van der Waals surface area contributed by atoms with Crippen molar-refractivity contribution >= 4 is 17.8 Å². The molecule has 8 nitrogen and oxygen atoms in total. The van der Waals surface area contributed by atoms with Crippen LogP contribution in [0.25, 0.3) is 0 Å². The van der Waals surface area contributed by atoms with Crippen molar-refractivity contribution in [3.63, 3.8) is 0 Å². The Morgan fingerprint density at radius 1 is 1.29 bits per heavy atom. The van der Waals surface area contributed by atoms with Gasteiger partial charge < -0.3 is 26.7 Å². The number of hydrogen-bond acceptors (Lipinski definition) is 4. The van der Waals surface area contributed by atoms with E-state index in [1.807, 2.05) is 5.32 Å². The summed E-state index contributed by atoms with van der Waals surface area (Å²) in [6.45, 7) is -0.372. The summed E-state index contributed by atoms with van der Waals surface area (Å²) in [6, 6.07) is -1.42. The quantitative estimate of drug-likeness (QED) is 0.380. The average molecular weight is 208 g/mol. The fourth-order valence-corrected chi connectivity index (χ4v) is 0.628. The summed E-state index contributed by atoms with van der Waals surface area (Å²) in [5.74, 6) is -3.40. The van der Waals surface area contributed by atoms with E-state index < -0.39 is 30.3 Å². The van der Waals surface area contributed by atoms with Gasteiger partial charge in [0.1, 0.15) is 6.04 Å². The Bertz CT molecular complexity index is 228. The van der Waals surface area contributed by atoms with Gasteiger partial charge in [-0.1, -0.05) is 0 Å². The first-order valence-electron chi connectivity index (χ1n) is 3.41. The molecule has 0 saturated carbocycles. The highest BCUT2D eigenvalue weighted by Crippen LogP contribution is 1.91. The first-order valence-corrected chi connectivity index (χ1v) is 3.41. The first kappa shape index (κ1) is 14.8. The molecule has 82 valence electrons. The van der Waals surface area contributed by atoms with Gasteiger partial charge in [-0.2, -0.15) is 0 Å². The van der Waals surface area contributed by atoms with Gasteiger partial charge in [-0.25, -0.2) is 4.79 Å². The molecule has 0 heterocycles. The molecule has 0 fully saturated rings. The molecule has 0 aromatic rings. The van der Waals surface area contributed by atoms with Gasteiger partial charge in [0.05, 0.1) is 13.0 Å². The Balaban J connectivity index is 0. The average Bonchev–Trinajstić information content (AvgIpc) is 2.02. The third-order valence-electron chi connectivity index (χ3n) is 1.20. The number of aliphatic carboxylic acids is 2. The highest BCUT2D eigenvalue weighted by molar-refractivity contribution is 5.87. The van der Waals surface area contributed by atoms with Crippen molar-refractivity contribution in [3.05, 3.63) is 0 Å². The lowest BCUT2D eigenvalue weighted by Crippen LogP contribution is -2.44. The largest absolute Gasteiger partial charge is 0.481 e. The number of carbonyl (C=O) groups excluding carboxylic acids is 1. The van der Waals surface area contributed by atoms with E-state index in [0.717, 1.165) is 0 Å². The molecule has 0 aromatic heterocycles. The van der Waals surface area contributed by atoms with Gasteiger partial charge in [0.25, 0.3) is 0 Å². The minimum atomic E-state index is -1.42. The van der Waals surface area contributed by atoms with Crippen molar-refractivity contribution in [1.82, 2.24) is 5.32 Å². The van der Waals surface area contributed by atoms with Crippen LogP contribution in [-0.2, 0) is 14.4 Å². The minimum absolute atomic E-state index is 0. The van der Waals surface area contributed by atoms with Crippen LogP contribution in [0.15, 0.2) is 0 Å². The molecule has 0 saturated heterocycles. The van der Waals surface area contributed by atoms with E-state index in [-0.39, 0.29) is 12.0 Å². The number of amides is 1. The number of nitrogens with two attached hydrogens (primary N) is 1. The van der Waals surface area contributed by atoms with Crippen molar-refractivity contribution in [2.45, 2.75) is 12.5 Å². The molecule has 0 aliphatic carbocycles. The van der Waals surface area contributed by atoms with Crippen LogP contribution in [0.4, 0.5) is 0 Å². The first-order chi connectivity index (χ1) is 5.97. The van der Waals surface area contributed by atoms with Gasteiger partial charge in [-0.15, -0.1) is 0 Å². The predicted octanol–water partition coefficient (Wildman–Crippen LogP) is -2.84. The predicted molar refractivity (Wildman–Crippen MR) is 44.5 cm³/mol. The molecule has 1 amide bonds. The molecule has 0 rings (SSSR count).